The van der Waals surface area contributed by atoms with Crippen LogP contribution in [0.15, 0.2) is 40.8 Å². The second-order valence-corrected chi connectivity index (χ2v) is 7.10. The molecule has 1 aliphatic heterocycles. The smallest absolute Gasteiger partial charge is 0.122 e. The lowest BCUT2D eigenvalue weighted by Gasteiger charge is -2.26. The Morgan fingerprint density at radius 1 is 1.26 bits per heavy atom. The van der Waals surface area contributed by atoms with Crippen LogP contribution in [0.5, 0.6) is 5.75 Å². The van der Waals surface area contributed by atoms with Crippen molar-refractivity contribution >= 4 is 0 Å². The standard InChI is InChI=1S/C22H29N3O2/c1-18-9-10-22(27-18)21(25-12-3-4-13-25)17-24-16-19-7-6-8-20(15-19)26-14-5-2-11-23/h6-10,15,21,24H,2-5,12-14,16-17H2,1H3. The Balaban J connectivity index is 1.53. The van der Waals surface area contributed by atoms with E-state index < -0.39 is 0 Å². The monoisotopic (exact) mass is 367 g/mol. The topological polar surface area (TPSA) is 61.4 Å². The van der Waals surface area contributed by atoms with Gasteiger partial charge in [0, 0.05) is 19.5 Å². The van der Waals surface area contributed by atoms with Crippen molar-refractivity contribution in [2.45, 2.75) is 45.2 Å². The van der Waals surface area contributed by atoms with Gasteiger partial charge in [-0.15, -0.1) is 0 Å². The molecule has 2 aromatic rings. The van der Waals surface area contributed by atoms with Crippen molar-refractivity contribution in [1.82, 2.24) is 10.2 Å². The quantitative estimate of drug-likeness (QED) is 0.638. The van der Waals surface area contributed by atoms with Crippen LogP contribution in [-0.2, 0) is 6.54 Å². The third-order valence-electron chi connectivity index (χ3n) is 4.94. The second-order valence-electron chi connectivity index (χ2n) is 7.10. The second kappa shape index (κ2) is 10.1. The van der Waals surface area contributed by atoms with Gasteiger partial charge in [0.15, 0.2) is 0 Å². The fraction of sp³-hybridized carbons (Fsp3) is 0.500. The molecule has 1 aliphatic rings. The largest absolute Gasteiger partial charge is 0.494 e. The molecule has 1 fully saturated rings. The highest BCUT2D eigenvalue weighted by Gasteiger charge is 2.25. The van der Waals surface area contributed by atoms with E-state index in [-0.39, 0.29) is 6.04 Å². The lowest BCUT2D eigenvalue weighted by Crippen LogP contribution is -2.33. The Bertz CT molecular complexity index is 744. The lowest BCUT2D eigenvalue weighted by molar-refractivity contribution is 0.207. The third kappa shape index (κ3) is 5.85. The number of aryl methyl sites for hydroxylation is 1. The maximum atomic E-state index is 8.59. The van der Waals surface area contributed by atoms with Crippen molar-refractivity contribution in [3.63, 3.8) is 0 Å². The van der Waals surface area contributed by atoms with E-state index >= 15 is 0 Å². The van der Waals surface area contributed by atoms with E-state index in [0.29, 0.717) is 13.0 Å². The number of likely N-dealkylation sites (tertiary alicyclic amines) is 1. The molecule has 1 aromatic carbocycles. The molecule has 1 unspecified atom stereocenters. The molecule has 0 saturated carbocycles. The molecule has 27 heavy (non-hydrogen) atoms. The summed E-state index contributed by atoms with van der Waals surface area (Å²) in [5, 5.41) is 12.2. The van der Waals surface area contributed by atoms with E-state index in [9.17, 15) is 0 Å². The maximum absolute atomic E-state index is 8.59. The molecule has 1 atom stereocenters. The van der Waals surface area contributed by atoms with Crippen molar-refractivity contribution in [2.75, 3.05) is 26.2 Å². The predicted octanol–water partition coefficient (Wildman–Crippen LogP) is 4.20. The van der Waals surface area contributed by atoms with Crippen LogP contribution >= 0.6 is 0 Å². The Morgan fingerprint density at radius 3 is 2.85 bits per heavy atom. The van der Waals surface area contributed by atoms with Gasteiger partial charge in [0.05, 0.1) is 18.7 Å². The Morgan fingerprint density at radius 2 is 2.11 bits per heavy atom. The molecule has 1 aromatic heterocycles. The first-order valence-electron chi connectivity index (χ1n) is 9.86. The number of nitrogens with one attached hydrogen (secondary N) is 1. The highest BCUT2D eigenvalue weighted by atomic mass is 16.5. The average molecular weight is 367 g/mol. The van der Waals surface area contributed by atoms with Gasteiger partial charge in [-0.1, -0.05) is 12.1 Å². The predicted molar refractivity (Wildman–Crippen MR) is 105 cm³/mol. The molecule has 0 bridgehead atoms. The van der Waals surface area contributed by atoms with Crippen molar-refractivity contribution in [2.24, 2.45) is 0 Å². The zero-order valence-electron chi connectivity index (χ0n) is 16.1. The lowest BCUT2D eigenvalue weighted by atomic mass is 10.1. The van der Waals surface area contributed by atoms with E-state index in [2.05, 4.69) is 34.5 Å². The fourth-order valence-electron chi connectivity index (χ4n) is 3.54. The minimum atomic E-state index is 0.284. The Labute approximate surface area is 161 Å². The van der Waals surface area contributed by atoms with Crippen molar-refractivity contribution < 1.29 is 9.15 Å². The molecular formula is C22H29N3O2. The Hall–Kier alpha value is -2.29. The van der Waals surface area contributed by atoms with E-state index in [1.807, 2.05) is 25.1 Å². The van der Waals surface area contributed by atoms with E-state index in [0.717, 1.165) is 49.9 Å². The average Bonchev–Trinajstić information content (AvgIpc) is 3.35. The first-order valence-corrected chi connectivity index (χ1v) is 9.86. The minimum absolute atomic E-state index is 0.284. The number of nitrogens with zero attached hydrogens (tertiary/aromatic N) is 2. The minimum Gasteiger partial charge on any atom is -0.494 e. The molecule has 1 saturated heterocycles. The molecule has 1 N–H and O–H groups in total. The van der Waals surface area contributed by atoms with Gasteiger partial charge in [0.2, 0.25) is 0 Å². The molecule has 0 radical (unpaired) electrons. The van der Waals surface area contributed by atoms with Gasteiger partial charge in [-0.3, -0.25) is 4.90 Å². The van der Waals surface area contributed by atoms with Gasteiger partial charge < -0.3 is 14.5 Å². The molecule has 0 spiro atoms. The summed E-state index contributed by atoms with van der Waals surface area (Å²) in [4.78, 5) is 2.51. The van der Waals surface area contributed by atoms with E-state index in [1.165, 1.54) is 18.4 Å². The Kier molecular flexibility index (Phi) is 7.32. The van der Waals surface area contributed by atoms with E-state index in [1.54, 1.807) is 0 Å². The summed E-state index contributed by atoms with van der Waals surface area (Å²) < 4.78 is 11.6. The number of benzene rings is 1. The molecule has 2 heterocycles. The van der Waals surface area contributed by atoms with Gasteiger partial charge >= 0.3 is 0 Å². The summed E-state index contributed by atoms with van der Waals surface area (Å²) in [6.45, 7) is 6.51. The van der Waals surface area contributed by atoms with Crippen LogP contribution in [0.25, 0.3) is 0 Å². The van der Waals surface area contributed by atoms with Crippen LogP contribution in [0, 0.1) is 18.3 Å². The molecule has 0 aliphatic carbocycles. The van der Waals surface area contributed by atoms with Gasteiger partial charge in [0.1, 0.15) is 17.3 Å². The normalized spacial score (nSPS) is 15.6. The summed E-state index contributed by atoms with van der Waals surface area (Å²) in [5.74, 6) is 2.89. The van der Waals surface area contributed by atoms with Crippen LogP contribution in [0.1, 0.15) is 48.8 Å². The zero-order valence-corrected chi connectivity index (χ0v) is 16.1. The van der Waals surface area contributed by atoms with Crippen LogP contribution in [0.2, 0.25) is 0 Å². The third-order valence-corrected chi connectivity index (χ3v) is 4.94. The number of hydrogen-bond acceptors (Lipinski definition) is 5. The van der Waals surface area contributed by atoms with Crippen molar-refractivity contribution in [1.29, 1.82) is 5.26 Å². The molecule has 5 heteroatoms. The van der Waals surface area contributed by atoms with Gasteiger partial charge in [-0.25, -0.2) is 0 Å². The number of hydrogen-bond donors (Lipinski definition) is 1. The van der Waals surface area contributed by atoms with Crippen LogP contribution in [0.3, 0.4) is 0 Å². The van der Waals surface area contributed by atoms with Crippen LogP contribution in [0.4, 0.5) is 0 Å². The summed E-state index contributed by atoms with van der Waals surface area (Å²) in [5.41, 5.74) is 1.20. The van der Waals surface area contributed by atoms with Gasteiger partial charge in [0.25, 0.3) is 0 Å². The summed E-state index contributed by atoms with van der Waals surface area (Å²) in [6, 6.07) is 14.7. The SMILES string of the molecule is Cc1ccc(C(CNCc2cccc(OCCCC#N)c2)N2CCCC2)o1. The first kappa shape index (κ1) is 19.5. The number of furan rings is 1. The van der Waals surface area contributed by atoms with Crippen molar-refractivity contribution in [3.8, 4) is 11.8 Å². The molecule has 3 rings (SSSR count). The van der Waals surface area contributed by atoms with Crippen LogP contribution in [-0.4, -0.2) is 31.1 Å². The van der Waals surface area contributed by atoms with Gasteiger partial charge in [-0.2, -0.15) is 5.26 Å². The molecule has 0 amide bonds. The first-order chi connectivity index (χ1) is 13.3. The number of ether oxygens (including phenoxy) is 1. The number of rotatable bonds is 10. The fourth-order valence-corrected chi connectivity index (χ4v) is 3.54. The highest BCUT2D eigenvalue weighted by Crippen LogP contribution is 2.26. The maximum Gasteiger partial charge on any atom is 0.122 e. The number of nitriles is 1. The highest BCUT2D eigenvalue weighted by molar-refractivity contribution is 5.28. The summed E-state index contributed by atoms with van der Waals surface area (Å²) in [7, 11) is 0. The summed E-state index contributed by atoms with van der Waals surface area (Å²) in [6.07, 6.45) is 3.83. The molecular weight excluding hydrogens is 338 g/mol. The van der Waals surface area contributed by atoms with E-state index in [4.69, 9.17) is 14.4 Å². The number of unbranched alkanes of at least 4 members (excludes halogenated alkanes) is 1. The summed E-state index contributed by atoms with van der Waals surface area (Å²) >= 11 is 0. The molecule has 144 valence electrons. The van der Waals surface area contributed by atoms with Crippen molar-refractivity contribution in [3.05, 3.63) is 53.5 Å². The molecule has 5 nitrogen and oxygen atoms in total. The van der Waals surface area contributed by atoms with Crippen LogP contribution < -0.4 is 10.1 Å². The zero-order chi connectivity index (χ0) is 18.9. The van der Waals surface area contributed by atoms with Gasteiger partial charge in [-0.05, 0) is 69.1 Å².